The number of nitrogens with zero attached hydrogens (tertiary/aromatic N) is 1. The molecule has 156 valence electrons. The molecule has 4 nitrogen and oxygen atoms in total. The highest BCUT2D eigenvalue weighted by molar-refractivity contribution is 5.89. The number of aromatic nitrogens is 1. The molecular formula is C26H30N2O2. The fourth-order valence-corrected chi connectivity index (χ4v) is 3.49. The Morgan fingerprint density at radius 3 is 2.23 bits per heavy atom. The number of aryl methyl sites for hydroxylation is 1. The van der Waals surface area contributed by atoms with E-state index in [0.717, 1.165) is 53.9 Å². The SMILES string of the molecule is CCOC(C)CCCc1ccc(-c2ccc(-c3ccc(NC(C)=O)cc3)cn2)cc1. The van der Waals surface area contributed by atoms with Gasteiger partial charge in [0, 0.05) is 36.5 Å². The standard InChI is InChI=1S/C26H30N2O2/c1-4-30-19(2)6-5-7-21-8-10-23(11-9-21)26-17-14-24(18-27-26)22-12-15-25(16-13-22)28-20(3)29/h8-19H,4-7H2,1-3H3,(H,28,29). The van der Waals surface area contributed by atoms with Crippen molar-refractivity contribution in [3.63, 3.8) is 0 Å². The summed E-state index contributed by atoms with van der Waals surface area (Å²) in [6.45, 7) is 6.47. The maximum Gasteiger partial charge on any atom is 0.221 e. The van der Waals surface area contributed by atoms with Crippen molar-refractivity contribution in [3.05, 3.63) is 72.4 Å². The van der Waals surface area contributed by atoms with E-state index < -0.39 is 0 Å². The topological polar surface area (TPSA) is 51.2 Å². The summed E-state index contributed by atoms with van der Waals surface area (Å²) in [5.41, 5.74) is 6.34. The quantitative estimate of drug-likeness (QED) is 0.469. The number of amides is 1. The fourth-order valence-electron chi connectivity index (χ4n) is 3.49. The molecule has 1 N–H and O–H groups in total. The number of anilines is 1. The van der Waals surface area contributed by atoms with Crippen molar-refractivity contribution < 1.29 is 9.53 Å². The second-order valence-electron chi connectivity index (χ2n) is 7.55. The lowest BCUT2D eigenvalue weighted by molar-refractivity contribution is -0.114. The molecule has 0 bridgehead atoms. The van der Waals surface area contributed by atoms with Gasteiger partial charge in [-0.25, -0.2) is 0 Å². The number of carbonyl (C=O) groups is 1. The number of carbonyl (C=O) groups excluding carboxylic acids is 1. The molecule has 3 aromatic rings. The minimum absolute atomic E-state index is 0.0696. The van der Waals surface area contributed by atoms with Crippen LogP contribution in [0.5, 0.6) is 0 Å². The van der Waals surface area contributed by atoms with Gasteiger partial charge in [0.1, 0.15) is 0 Å². The molecule has 0 saturated carbocycles. The monoisotopic (exact) mass is 402 g/mol. The van der Waals surface area contributed by atoms with Crippen molar-refractivity contribution in [1.82, 2.24) is 4.98 Å². The molecule has 1 atom stereocenters. The van der Waals surface area contributed by atoms with Crippen molar-refractivity contribution >= 4 is 11.6 Å². The average Bonchev–Trinajstić information content (AvgIpc) is 2.75. The molecule has 0 saturated heterocycles. The van der Waals surface area contributed by atoms with Crippen LogP contribution in [0.2, 0.25) is 0 Å². The predicted molar refractivity (Wildman–Crippen MR) is 123 cm³/mol. The maximum absolute atomic E-state index is 11.1. The number of rotatable bonds is 9. The Morgan fingerprint density at radius 1 is 0.967 bits per heavy atom. The minimum Gasteiger partial charge on any atom is -0.379 e. The van der Waals surface area contributed by atoms with Gasteiger partial charge in [-0.2, -0.15) is 0 Å². The van der Waals surface area contributed by atoms with E-state index in [1.165, 1.54) is 12.5 Å². The lowest BCUT2D eigenvalue weighted by Gasteiger charge is -2.11. The van der Waals surface area contributed by atoms with Gasteiger partial charge in [-0.15, -0.1) is 0 Å². The number of hydrogen-bond donors (Lipinski definition) is 1. The third-order valence-electron chi connectivity index (χ3n) is 5.08. The van der Waals surface area contributed by atoms with Gasteiger partial charge in [0.15, 0.2) is 0 Å². The summed E-state index contributed by atoms with van der Waals surface area (Å²) in [5.74, 6) is -0.0696. The molecule has 3 rings (SSSR count). The highest BCUT2D eigenvalue weighted by atomic mass is 16.5. The van der Waals surface area contributed by atoms with E-state index in [2.05, 4.69) is 53.6 Å². The Bertz CT molecular complexity index is 932. The van der Waals surface area contributed by atoms with Crippen molar-refractivity contribution in [2.75, 3.05) is 11.9 Å². The molecule has 0 aliphatic rings. The Labute approximate surface area is 179 Å². The zero-order chi connectivity index (χ0) is 21.3. The number of hydrogen-bond acceptors (Lipinski definition) is 3. The largest absolute Gasteiger partial charge is 0.379 e. The van der Waals surface area contributed by atoms with Crippen LogP contribution in [-0.4, -0.2) is 23.6 Å². The van der Waals surface area contributed by atoms with E-state index in [0.29, 0.717) is 6.10 Å². The lowest BCUT2D eigenvalue weighted by atomic mass is 10.0. The van der Waals surface area contributed by atoms with Gasteiger partial charge >= 0.3 is 0 Å². The van der Waals surface area contributed by atoms with E-state index >= 15 is 0 Å². The van der Waals surface area contributed by atoms with Crippen molar-refractivity contribution in [3.8, 4) is 22.4 Å². The Kier molecular flexibility index (Phi) is 7.75. The number of pyridine rings is 1. The predicted octanol–water partition coefficient (Wildman–Crippen LogP) is 6.12. The molecule has 4 heteroatoms. The number of nitrogens with one attached hydrogen (secondary N) is 1. The summed E-state index contributed by atoms with van der Waals surface area (Å²) < 4.78 is 5.59. The summed E-state index contributed by atoms with van der Waals surface area (Å²) in [6.07, 6.45) is 5.52. The molecule has 0 spiro atoms. The Hall–Kier alpha value is -2.98. The molecule has 30 heavy (non-hydrogen) atoms. The molecule has 0 aliphatic carbocycles. The molecule has 2 aromatic carbocycles. The zero-order valence-electron chi connectivity index (χ0n) is 18.0. The van der Waals surface area contributed by atoms with E-state index in [1.807, 2.05) is 37.4 Å². The van der Waals surface area contributed by atoms with Crippen LogP contribution in [0.1, 0.15) is 39.2 Å². The first-order chi connectivity index (χ1) is 14.5. The first kappa shape index (κ1) is 21.7. The summed E-state index contributed by atoms with van der Waals surface area (Å²) in [5, 5.41) is 2.78. The summed E-state index contributed by atoms with van der Waals surface area (Å²) in [7, 11) is 0. The number of ether oxygens (including phenoxy) is 1. The lowest BCUT2D eigenvalue weighted by Crippen LogP contribution is -2.07. The van der Waals surface area contributed by atoms with Gasteiger partial charge in [0.25, 0.3) is 0 Å². The second-order valence-corrected chi connectivity index (χ2v) is 7.55. The van der Waals surface area contributed by atoms with Crippen LogP contribution in [0.25, 0.3) is 22.4 Å². The first-order valence-electron chi connectivity index (χ1n) is 10.6. The highest BCUT2D eigenvalue weighted by Crippen LogP contribution is 2.24. The molecule has 1 aromatic heterocycles. The third kappa shape index (κ3) is 6.26. The molecule has 1 amide bonds. The molecule has 0 aliphatic heterocycles. The maximum atomic E-state index is 11.1. The van der Waals surface area contributed by atoms with Crippen LogP contribution >= 0.6 is 0 Å². The van der Waals surface area contributed by atoms with Gasteiger partial charge in [-0.1, -0.05) is 42.5 Å². The zero-order valence-corrected chi connectivity index (χ0v) is 18.0. The van der Waals surface area contributed by atoms with Crippen LogP contribution in [0.4, 0.5) is 5.69 Å². The van der Waals surface area contributed by atoms with Crippen LogP contribution in [-0.2, 0) is 16.0 Å². The Balaban J connectivity index is 1.60. The summed E-state index contributed by atoms with van der Waals surface area (Å²) in [6, 6.07) is 20.6. The normalized spacial score (nSPS) is 11.8. The molecule has 0 fully saturated rings. The molecular weight excluding hydrogens is 372 g/mol. The third-order valence-corrected chi connectivity index (χ3v) is 5.08. The second kappa shape index (κ2) is 10.7. The van der Waals surface area contributed by atoms with Crippen LogP contribution in [0.3, 0.4) is 0 Å². The smallest absolute Gasteiger partial charge is 0.221 e. The van der Waals surface area contributed by atoms with Crippen LogP contribution < -0.4 is 5.32 Å². The van der Waals surface area contributed by atoms with Gasteiger partial charge in [0.2, 0.25) is 5.91 Å². The van der Waals surface area contributed by atoms with Gasteiger partial charge in [-0.3, -0.25) is 9.78 Å². The van der Waals surface area contributed by atoms with E-state index in [9.17, 15) is 4.79 Å². The van der Waals surface area contributed by atoms with Crippen molar-refractivity contribution in [1.29, 1.82) is 0 Å². The van der Waals surface area contributed by atoms with Gasteiger partial charge in [-0.05, 0) is 62.4 Å². The van der Waals surface area contributed by atoms with Crippen molar-refractivity contribution in [2.24, 2.45) is 0 Å². The molecule has 1 unspecified atom stereocenters. The van der Waals surface area contributed by atoms with E-state index in [4.69, 9.17) is 4.74 Å². The van der Waals surface area contributed by atoms with Crippen molar-refractivity contribution in [2.45, 2.75) is 46.1 Å². The van der Waals surface area contributed by atoms with Gasteiger partial charge in [0.05, 0.1) is 11.8 Å². The van der Waals surface area contributed by atoms with E-state index in [-0.39, 0.29) is 5.91 Å². The first-order valence-corrected chi connectivity index (χ1v) is 10.6. The van der Waals surface area contributed by atoms with E-state index in [1.54, 1.807) is 0 Å². The highest BCUT2D eigenvalue weighted by Gasteiger charge is 2.05. The average molecular weight is 403 g/mol. The Morgan fingerprint density at radius 2 is 1.63 bits per heavy atom. The van der Waals surface area contributed by atoms with Gasteiger partial charge < -0.3 is 10.1 Å². The number of benzene rings is 2. The van der Waals surface area contributed by atoms with Crippen LogP contribution in [0.15, 0.2) is 66.9 Å². The molecule has 0 radical (unpaired) electrons. The fraction of sp³-hybridized carbons (Fsp3) is 0.308. The summed E-state index contributed by atoms with van der Waals surface area (Å²) >= 11 is 0. The summed E-state index contributed by atoms with van der Waals surface area (Å²) in [4.78, 5) is 15.8. The molecule has 1 heterocycles. The van der Waals surface area contributed by atoms with Crippen LogP contribution in [0, 0.1) is 0 Å². The minimum atomic E-state index is -0.0696.